The van der Waals surface area contributed by atoms with E-state index in [2.05, 4.69) is 0 Å². The molecule has 76 valence electrons. The van der Waals surface area contributed by atoms with E-state index in [4.69, 9.17) is 16.7 Å². The molecular formula is C10H11ClO2S. The van der Waals surface area contributed by atoms with Gasteiger partial charge in [-0.15, -0.1) is 23.4 Å². The lowest BCUT2D eigenvalue weighted by molar-refractivity contribution is -0.136. The Morgan fingerprint density at radius 1 is 1.43 bits per heavy atom. The van der Waals surface area contributed by atoms with Crippen molar-refractivity contribution in [3.8, 4) is 0 Å². The number of aliphatic carboxylic acids is 1. The first kappa shape index (κ1) is 11.4. The smallest absolute Gasteiger partial charge is 0.318 e. The molecule has 1 aromatic rings. The van der Waals surface area contributed by atoms with Crippen LogP contribution < -0.4 is 0 Å². The molecule has 1 rings (SSSR count). The van der Waals surface area contributed by atoms with E-state index < -0.39 is 16.6 Å². The molecule has 0 aliphatic heterocycles. The van der Waals surface area contributed by atoms with E-state index in [-0.39, 0.29) is 0 Å². The van der Waals surface area contributed by atoms with Crippen LogP contribution in [0.5, 0.6) is 0 Å². The summed E-state index contributed by atoms with van der Waals surface area (Å²) in [6.45, 7) is 0. The second-order valence-electron chi connectivity index (χ2n) is 2.81. The van der Waals surface area contributed by atoms with Crippen molar-refractivity contribution in [1.29, 1.82) is 0 Å². The summed E-state index contributed by atoms with van der Waals surface area (Å²) in [6, 6.07) is 9.25. The van der Waals surface area contributed by atoms with Gasteiger partial charge in [-0.05, 0) is 11.8 Å². The molecule has 0 spiro atoms. The van der Waals surface area contributed by atoms with Gasteiger partial charge < -0.3 is 5.11 Å². The first-order valence-electron chi connectivity index (χ1n) is 4.11. The monoisotopic (exact) mass is 230 g/mol. The number of rotatable bonds is 4. The molecule has 1 N–H and O–H groups in total. The number of carboxylic acids is 1. The van der Waals surface area contributed by atoms with E-state index in [1.54, 1.807) is 6.26 Å². The molecule has 0 bridgehead atoms. The molecule has 0 amide bonds. The summed E-state index contributed by atoms with van der Waals surface area (Å²) in [5, 5.41) is 7.82. The summed E-state index contributed by atoms with van der Waals surface area (Å²) in [4.78, 5) is 10.8. The Labute approximate surface area is 92.3 Å². The summed E-state index contributed by atoms with van der Waals surface area (Å²) in [6.07, 6.45) is 1.75. The predicted octanol–water partition coefficient (Wildman–Crippen LogP) is 2.78. The van der Waals surface area contributed by atoms with Gasteiger partial charge in [0.2, 0.25) is 0 Å². The lowest BCUT2D eigenvalue weighted by atomic mass is 10.1. The lowest BCUT2D eigenvalue weighted by Crippen LogP contribution is -2.21. The number of halogens is 1. The van der Waals surface area contributed by atoms with Crippen LogP contribution in [0.15, 0.2) is 30.3 Å². The highest BCUT2D eigenvalue weighted by molar-refractivity contribution is 8.00. The standard InChI is InChI=1S/C10H11ClO2S/c1-14-9(10(12)13)8(11)7-5-3-2-4-6-7/h2-6,8-9H,1H3,(H,12,13). The minimum atomic E-state index is -0.874. The van der Waals surface area contributed by atoms with Crippen molar-refractivity contribution < 1.29 is 9.90 Å². The molecule has 0 saturated heterocycles. The molecular weight excluding hydrogens is 220 g/mol. The van der Waals surface area contributed by atoms with Crippen molar-refractivity contribution in [2.75, 3.05) is 6.26 Å². The van der Waals surface area contributed by atoms with Crippen LogP contribution in [0.2, 0.25) is 0 Å². The molecule has 0 aliphatic carbocycles. The number of hydrogen-bond donors (Lipinski definition) is 1. The van der Waals surface area contributed by atoms with Crippen LogP contribution in [0.25, 0.3) is 0 Å². The zero-order valence-corrected chi connectivity index (χ0v) is 9.26. The maximum Gasteiger partial charge on any atom is 0.318 e. The van der Waals surface area contributed by atoms with Gasteiger partial charge in [0.15, 0.2) is 0 Å². The average Bonchev–Trinajstić information content (AvgIpc) is 2.19. The quantitative estimate of drug-likeness (QED) is 0.809. The van der Waals surface area contributed by atoms with Crippen LogP contribution in [0.3, 0.4) is 0 Å². The third kappa shape index (κ3) is 2.66. The van der Waals surface area contributed by atoms with E-state index in [9.17, 15) is 4.79 Å². The molecule has 4 heteroatoms. The summed E-state index contributed by atoms with van der Waals surface area (Å²) in [7, 11) is 0. The van der Waals surface area contributed by atoms with Crippen LogP contribution in [-0.2, 0) is 4.79 Å². The Morgan fingerprint density at radius 3 is 2.43 bits per heavy atom. The zero-order chi connectivity index (χ0) is 10.6. The van der Waals surface area contributed by atoms with E-state index >= 15 is 0 Å². The van der Waals surface area contributed by atoms with Gasteiger partial charge in [-0.1, -0.05) is 30.3 Å². The van der Waals surface area contributed by atoms with E-state index in [1.807, 2.05) is 30.3 Å². The van der Waals surface area contributed by atoms with Crippen molar-refractivity contribution >= 4 is 29.3 Å². The Morgan fingerprint density at radius 2 is 2.00 bits per heavy atom. The Balaban J connectivity index is 2.83. The largest absolute Gasteiger partial charge is 0.480 e. The van der Waals surface area contributed by atoms with Gasteiger partial charge in [0.1, 0.15) is 5.25 Å². The molecule has 0 heterocycles. The van der Waals surface area contributed by atoms with Gasteiger partial charge >= 0.3 is 5.97 Å². The molecule has 1 aromatic carbocycles. The predicted molar refractivity (Wildman–Crippen MR) is 60.0 cm³/mol. The molecule has 0 fully saturated rings. The van der Waals surface area contributed by atoms with Crippen molar-refractivity contribution in [3.63, 3.8) is 0 Å². The minimum Gasteiger partial charge on any atom is -0.480 e. The zero-order valence-electron chi connectivity index (χ0n) is 7.68. The molecule has 2 atom stereocenters. The van der Waals surface area contributed by atoms with Crippen molar-refractivity contribution in [2.45, 2.75) is 10.6 Å². The fourth-order valence-electron chi connectivity index (χ4n) is 1.16. The summed E-state index contributed by atoms with van der Waals surface area (Å²) < 4.78 is 0. The Hall–Kier alpha value is -0.670. The third-order valence-electron chi connectivity index (χ3n) is 1.88. The van der Waals surface area contributed by atoms with Crippen LogP contribution in [0, 0.1) is 0 Å². The number of hydrogen-bond acceptors (Lipinski definition) is 2. The third-order valence-corrected chi connectivity index (χ3v) is 3.52. The lowest BCUT2D eigenvalue weighted by Gasteiger charge is -2.16. The molecule has 2 nitrogen and oxygen atoms in total. The van der Waals surface area contributed by atoms with Crippen LogP contribution in [-0.4, -0.2) is 22.6 Å². The maximum atomic E-state index is 10.8. The Kier molecular flexibility index (Phi) is 4.29. The highest BCUT2D eigenvalue weighted by Crippen LogP contribution is 2.31. The minimum absolute atomic E-state index is 0.483. The van der Waals surface area contributed by atoms with Crippen molar-refractivity contribution in [2.24, 2.45) is 0 Å². The normalized spacial score (nSPS) is 14.7. The Bertz CT molecular complexity index is 302. The van der Waals surface area contributed by atoms with Crippen LogP contribution in [0.1, 0.15) is 10.9 Å². The van der Waals surface area contributed by atoms with E-state index in [1.165, 1.54) is 11.8 Å². The summed E-state index contributed by atoms with van der Waals surface area (Å²) in [5.74, 6) is -0.874. The molecule has 0 aliphatic rings. The van der Waals surface area contributed by atoms with Gasteiger partial charge in [-0.2, -0.15) is 0 Å². The fourth-order valence-corrected chi connectivity index (χ4v) is 2.32. The summed E-state index contributed by atoms with van der Waals surface area (Å²) >= 11 is 7.32. The van der Waals surface area contributed by atoms with Crippen molar-refractivity contribution in [3.05, 3.63) is 35.9 Å². The molecule has 0 radical (unpaired) electrons. The number of carbonyl (C=O) groups is 1. The number of carboxylic acid groups (broad SMARTS) is 1. The fraction of sp³-hybridized carbons (Fsp3) is 0.300. The number of benzene rings is 1. The van der Waals surface area contributed by atoms with Gasteiger partial charge in [-0.3, -0.25) is 4.79 Å². The van der Waals surface area contributed by atoms with Gasteiger partial charge in [0, 0.05) is 0 Å². The second-order valence-corrected chi connectivity index (χ2v) is 4.26. The molecule has 0 aromatic heterocycles. The topological polar surface area (TPSA) is 37.3 Å². The highest BCUT2D eigenvalue weighted by atomic mass is 35.5. The number of thioether (sulfide) groups is 1. The van der Waals surface area contributed by atoms with Gasteiger partial charge in [0.25, 0.3) is 0 Å². The first-order chi connectivity index (χ1) is 6.66. The SMILES string of the molecule is CSC(C(=O)O)C(Cl)c1ccccc1. The van der Waals surface area contributed by atoms with Crippen LogP contribution >= 0.6 is 23.4 Å². The van der Waals surface area contributed by atoms with Gasteiger partial charge in [0.05, 0.1) is 5.38 Å². The van der Waals surface area contributed by atoms with Gasteiger partial charge in [-0.25, -0.2) is 0 Å². The van der Waals surface area contributed by atoms with E-state index in [0.717, 1.165) is 5.56 Å². The maximum absolute atomic E-state index is 10.8. The summed E-state index contributed by atoms with van der Waals surface area (Å²) in [5.41, 5.74) is 0.843. The van der Waals surface area contributed by atoms with Crippen LogP contribution in [0.4, 0.5) is 0 Å². The molecule has 2 unspecified atom stereocenters. The first-order valence-corrected chi connectivity index (χ1v) is 5.84. The molecule has 0 saturated carbocycles. The average molecular weight is 231 g/mol. The van der Waals surface area contributed by atoms with E-state index in [0.29, 0.717) is 0 Å². The highest BCUT2D eigenvalue weighted by Gasteiger charge is 2.26. The number of alkyl halides is 1. The van der Waals surface area contributed by atoms with Crippen molar-refractivity contribution in [1.82, 2.24) is 0 Å². The second kappa shape index (κ2) is 5.27. The molecule has 14 heavy (non-hydrogen) atoms.